The van der Waals surface area contributed by atoms with Gasteiger partial charge in [0, 0.05) is 32.1 Å². The van der Waals surface area contributed by atoms with Crippen molar-refractivity contribution in [3.8, 4) is 5.75 Å². The number of nitrogens with zero attached hydrogens (tertiary/aromatic N) is 3. The lowest BCUT2D eigenvalue weighted by molar-refractivity contribution is -0.137. The Bertz CT molecular complexity index is 832. The van der Waals surface area contributed by atoms with Crippen molar-refractivity contribution >= 4 is 12.0 Å². The van der Waals surface area contributed by atoms with E-state index >= 15 is 0 Å². The van der Waals surface area contributed by atoms with Crippen molar-refractivity contribution < 1.29 is 24.2 Å². The predicted molar refractivity (Wildman–Crippen MR) is 102 cm³/mol. The van der Waals surface area contributed by atoms with E-state index in [1.54, 1.807) is 17.0 Å². The molecule has 0 radical (unpaired) electrons. The molecule has 0 aliphatic carbocycles. The molecule has 2 aromatic rings. The summed E-state index contributed by atoms with van der Waals surface area (Å²) in [7, 11) is 0. The molecule has 1 fully saturated rings. The molecule has 29 heavy (non-hydrogen) atoms. The maximum atomic E-state index is 12.5. The molecule has 0 saturated carbocycles. The van der Waals surface area contributed by atoms with Crippen LogP contribution in [0.25, 0.3) is 0 Å². The molecule has 2 atom stereocenters. The summed E-state index contributed by atoms with van der Waals surface area (Å²) in [4.78, 5) is 25.3. The highest BCUT2D eigenvalue weighted by Gasteiger charge is 2.27. The van der Waals surface area contributed by atoms with Crippen molar-refractivity contribution in [2.24, 2.45) is 0 Å². The Hall–Kier alpha value is -3.14. The van der Waals surface area contributed by atoms with E-state index in [1.165, 1.54) is 0 Å². The number of aromatic hydroxyl groups is 1. The van der Waals surface area contributed by atoms with Crippen LogP contribution in [0.5, 0.6) is 5.75 Å². The van der Waals surface area contributed by atoms with Crippen molar-refractivity contribution in [3.63, 3.8) is 0 Å². The summed E-state index contributed by atoms with van der Waals surface area (Å²) in [5.74, 6) is -0.566. The first-order valence-corrected chi connectivity index (χ1v) is 9.51. The minimum Gasteiger partial charge on any atom is -0.508 e. The first-order valence-electron chi connectivity index (χ1n) is 9.51. The quantitative estimate of drug-likeness (QED) is 0.541. The van der Waals surface area contributed by atoms with Crippen LogP contribution >= 0.6 is 0 Å². The summed E-state index contributed by atoms with van der Waals surface area (Å²) in [5.41, 5.74) is 0.990. The number of urea groups is 1. The molecular formula is C19H25N5O5. The number of rotatable bonds is 7. The third kappa shape index (κ3) is 5.67. The lowest BCUT2D eigenvalue weighted by Crippen LogP contribution is -2.51. The standard InChI is InChI=1S/C19H25N5O5/c1-12(10-13-2-4-14(25)5-3-13)17-22-23-18(29-17)15(11-16(26)27)21-19(28)24-8-6-20-7-9-24/h2-5,12,15,20,25H,6-11H2,1H3,(H,21,28)(H,26,27)/t12-,15-/m0/s1. The number of carboxylic acid groups (broad SMARTS) is 1. The molecular weight excluding hydrogens is 378 g/mol. The van der Waals surface area contributed by atoms with Gasteiger partial charge in [0.05, 0.1) is 6.42 Å². The SMILES string of the molecule is C[C@@H](Cc1ccc(O)cc1)c1nnc([C@H](CC(=O)O)NC(=O)N2CCNCC2)o1. The minimum absolute atomic E-state index is 0.0726. The fraction of sp³-hybridized carbons (Fsp3) is 0.474. The number of amides is 2. The van der Waals surface area contributed by atoms with E-state index in [9.17, 15) is 19.8 Å². The largest absolute Gasteiger partial charge is 0.508 e. The maximum Gasteiger partial charge on any atom is 0.318 e. The lowest BCUT2D eigenvalue weighted by Gasteiger charge is -2.28. The molecule has 1 aliphatic heterocycles. The van der Waals surface area contributed by atoms with Crippen LogP contribution in [0.3, 0.4) is 0 Å². The van der Waals surface area contributed by atoms with Gasteiger partial charge in [0.25, 0.3) is 0 Å². The third-order valence-corrected chi connectivity index (χ3v) is 4.73. The van der Waals surface area contributed by atoms with E-state index in [-0.39, 0.29) is 30.0 Å². The molecule has 10 nitrogen and oxygen atoms in total. The highest BCUT2D eigenvalue weighted by atomic mass is 16.4. The van der Waals surface area contributed by atoms with Crippen LogP contribution in [0.4, 0.5) is 4.79 Å². The van der Waals surface area contributed by atoms with Crippen molar-refractivity contribution in [1.82, 2.24) is 25.7 Å². The van der Waals surface area contributed by atoms with Crippen LogP contribution in [-0.4, -0.2) is 63.5 Å². The second kappa shape index (κ2) is 9.37. The van der Waals surface area contributed by atoms with E-state index in [0.29, 0.717) is 38.5 Å². The molecule has 0 spiro atoms. The minimum atomic E-state index is -1.08. The van der Waals surface area contributed by atoms with Gasteiger partial charge in [-0.05, 0) is 24.1 Å². The van der Waals surface area contributed by atoms with Crippen molar-refractivity contribution in [2.75, 3.05) is 26.2 Å². The summed E-state index contributed by atoms with van der Waals surface area (Å²) >= 11 is 0. The van der Waals surface area contributed by atoms with Gasteiger partial charge in [0.15, 0.2) is 0 Å². The zero-order valence-electron chi connectivity index (χ0n) is 16.2. The van der Waals surface area contributed by atoms with Gasteiger partial charge in [0.1, 0.15) is 11.8 Å². The second-order valence-electron chi connectivity index (χ2n) is 7.09. The van der Waals surface area contributed by atoms with Gasteiger partial charge in [-0.3, -0.25) is 4.79 Å². The molecule has 1 aromatic heterocycles. The topological polar surface area (TPSA) is 141 Å². The molecule has 1 aromatic carbocycles. The van der Waals surface area contributed by atoms with E-state index in [4.69, 9.17) is 4.42 Å². The second-order valence-corrected chi connectivity index (χ2v) is 7.09. The Kier molecular flexibility index (Phi) is 6.65. The number of phenols is 1. The molecule has 1 aliphatic rings. The van der Waals surface area contributed by atoms with Crippen LogP contribution < -0.4 is 10.6 Å². The summed E-state index contributed by atoms with van der Waals surface area (Å²) in [6.45, 7) is 4.39. The number of piperazine rings is 1. The van der Waals surface area contributed by atoms with Crippen molar-refractivity contribution in [3.05, 3.63) is 41.6 Å². The highest BCUT2D eigenvalue weighted by molar-refractivity contribution is 5.76. The summed E-state index contributed by atoms with van der Waals surface area (Å²) in [6.07, 6.45) is 0.254. The zero-order chi connectivity index (χ0) is 20.8. The molecule has 2 heterocycles. The van der Waals surface area contributed by atoms with Gasteiger partial charge in [0.2, 0.25) is 11.8 Å². The summed E-state index contributed by atoms with van der Waals surface area (Å²) < 4.78 is 5.71. The van der Waals surface area contributed by atoms with Crippen LogP contribution in [0.2, 0.25) is 0 Å². The normalized spacial score (nSPS) is 16.2. The Labute approximate surface area is 167 Å². The molecule has 4 N–H and O–H groups in total. The highest BCUT2D eigenvalue weighted by Crippen LogP contribution is 2.24. The maximum absolute atomic E-state index is 12.5. The van der Waals surface area contributed by atoms with Crippen LogP contribution in [0.1, 0.15) is 42.6 Å². The van der Waals surface area contributed by atoms with Gasteiger partial charge in [-0.25, -0.2) is 4.79 Å². The number of hydrogen-bond donors (Lipinski definition) is 4. The summed E-state index contributed by atoms with van der Waals surface area (Å²) in [5, 5.41) is 32.5. The van der Waals surface area contributed by atoms with Crippen molar-refractivity contribution in [2.45, 2.75) is 31.7 Å². The number of benzene rings is 1. The van der Waals surface area contributed by atoms with E-state index in [2.05, 4.69) is 20.8 Å². The van der Waals surface area contributed by atoms with Gasteiger partial charge in [-0.2, -0.15) is 0 Å². The van der Waals surface area contributed by atoms with E-state index in [0.717, 1.165) is 5.56 Å². The first-order chi connectivity index (χ1) is 13.9. The van der Waals surface area contributed by atoms with Gasteiger partial charge in [-0.15, -0.1) is 10.2 Å². The first kappa shape index (κ1) is 20.6. The average Bonchev–Trinajstić information content (AvgIpc) is 3.20. The number of phenolic OH excluding ortho intramolecular Hbond substituents is 1. The molecule has 156 valence electrons. The number of hydrogen-bond acceptors (Lipinski definition) is 7. The van der Waals surface area contributed by atoms with Crippen LogP contribution in [0, 0.1) is 0 Å². The number of aromatic nitrogens is 2. The average molecular weight is 403 g/mol. The van der Waals surface area contributed by atoms with Crippen LogP contribution in [0.15, 0.2) is 28.7 Å². The van der Waals surface area contributed by atoms with Gasteiger partial charge >= 0.3 is 12.0 Å². The van der Waals surface area contributed by atoms with Gasteiger partial charge < -0.3 is 30.2 Å². The Balaban J connectivity index is 1.68. The summed E-state index contributed by atoms with van der Waals surface area (Å²) in [6, 6.07) is 5.58. The van der Waals surface area contributed by atoms with Crippen LogP contribution in [-0.2, 0) is 11.2 Å². The Morgan fingerprint density at radius 3 is 2.52 bits per heavy atom. The zero-order valence-corrected chi connectivity index (χ0v) is 16.2. The van der Waals surface area contributed by atoms with E-state index < -0.39 is 12.0 Å². The fourth-order valence-corrected chi connectivity index (χ4v) is 3.14. The number of carbonyl (C=O) groups is 2. The molecule has 1 saturated heterocycles. The number of carbonyl (C=O) groups excluding carboxylic acids is 1. The molecule has 0 unspecified atom stereocenters. The van der Waals surface area contributed by atoms with E-state index in [1.807, 2.05) is 19.1 Å². The smallest absolute Gasteiger partial charge is 0.318 e. The molecule has 3 rings (SSSR count). The molecule has 2 amide bonds. The van der Waals surface area contributed by atoms with Crippen molar-refractivity contribution in [1.29, 1.82) is 0 Å². The molecule has 0 bridgehead atoms. The predicted octanol–water partition coefficient (Wildman–Crippen LogP) is 1.25. The lowest BCUT2D eigenvalue weighted by atomic mass is 10.0. The Morgan fingerprint density at radius 1 is 1.21 bits per heavy atom. The molecule has 10 heteroatoms. The third-order valence-electron chi connectivity index (χ3n) is 4.73. The number of nitrogens with one attached hydrogen (secondary N) is 2. The fourth-order valence-electron chi connectivity index (χ4n) is 3.14. The Morgan fingerprint density at radius 2 is 1.86 bits per heavy atom. The number of aliphatic carboxylic acids is 1. The number of carboxylic acids is 1. The monoisotopic (exact) mass is 403 g/mol. The van der Waals surface area contributed by atoms with Gasteiger partial charge in [-0.1, -0.05) is 19.1 Å².